The van der Waals surface area contributed by atoms with Crippen molar-refractivity contribution in [3.63, 3.8) is 0 Å². The molecule has 1 saturated carbocycles. The van der Waals surface area contributed by atoms with E-state index >= 15 is 0 Å². The molecule has 5 rings (SSSR count). The predicted molar refractivity (Wildman–Crippen MR) is 112 cm³/mol. The third kappa shape index (κ3) is 3.43. The van der Waals surface area contributed by atoms with Gasteiger partial charge in [0.1, 0.15) is 0 Å². The normalized spacial score (nSPS) is 19.5. The number of amides is 1. The van der Waals surface area contributed by atoms with Crippen LogP contribution >= 0.6 is 11.3 Å². The monoisotopic (exact) mass is 407 g/mol. The highest BCUT2D eigenvalue weighted by molar-refractivity contribution is 7.12. The number of H-pyrrole nitrogens is 1. The largest absolute Gasteiger partial charge is 0.347 e. The lowest BCUT2D eigenvalue weighted by Gasteiger charge is -2.29. The van der Waals surface area contributed by atoms with E-state index in [1.54, 1.807) is 23.1 Å². The smallest absolute Gasteiger partial charge is 0.261 e. The van der Waals surface area contributed by atoms with E-state index in [1.807, 2.05) is 23.8 Å². The molecule has 0 radical (unpaired) electrons. The number of thiophene rings is 1. The number of fused-ring (bicyclic) bond motifs is 1. The fourth-order valence-electron chi connectivity index (χ4n) is 3.81. The second-order valence-corrected chi connectivity index (χ2v) is 8.30. The Morgan fingerprint density at radius 3 is 2.93 bits per heavy atom. The highest BCUT2D eigenvalue weighted by Gasteiger charge is 2.24. The number of hydrogen-bond donors (Lipinski definition) is 3. The predicted octanol–water partition coefficient (Wildman–Crippen LogP) is 2.85. The van der Waals surface area contributed by atoms with Crippen molar-refractivity contribution >= 4 is 22.9 Å². The van der Waals surface area contributed by atoms with Gasteiger partial charge in [-0.2, -0.15) is 10.2 Å². The maximum absolute atomic E-state index is 12.7. The molecule has 0 saturated heterocycles. The van der Waals surface area contributed by atoms with Crippen LogP contribution in [0.1, 0.15) is 35.4 Å². The molecular weight excluding hydrogens is 386 g/mol. The number of rotatable bonds is 4. The number of aromatic amines is 1. The van der Waals surface area contributed by atoms with E-state index in [1.165, 1.54) is 11.3 Å². The van der Waals surface area contributed by atoms with Gasteiger partial charge >= 0.3 is 0 Å². The molecule has 1 amide bonds. The van der Waals surface area contributed by atoms with Crippen molar-refractivity contribution in [2.75, 3.05) is 0 Å². The summed E-state index contributed by atoms with van der Waals surface area (Å²) in [5, 5.41) is 16.3. The Kier molecular flexibility index (Phi) is 4.61. The van der Waals surface area contributed by atoms with Crippen LogP contribution in [0.4, 0.5) is 0 Å². The molecule has 9 heteroatoms. The molecular formula is C20H21N7OS. The molecule has 4 heterocycles. The average molecular weight is 408 g/mol. The second-order valence-electron chi connectivity index (χ2n) is 7.38. The standard InChI is InChI=1S/C20H21N7OS/c21-16-3-1-2-4-17(16)26-20(28)18-5-12(11-29-18)15-9-25-27-10-14(6-22-19(15)27)13-7-23-24-8-13/h5-11,16-17H,1-4,21H2,(H,23,24)(H,26,28)/t16-,17+/m1/s1. The summed E-state index contributed by atoms with van der Waals surface area (Å²) in [6.45, 7) is 0. The highest BCUT2D eigenvalue weighted by atomic mass is 32.1. The number of nitrogens with one attached hydrogen (secondary N) is 2. The fraction of sp³-hybridized carbons (Fsp3) is 0.300. The first-order chi connectivity index (χ1) is 14.2. The Labute approximate surface area is 171 Å². The number of carbonyl (C=O) groups excluding carboxylic acids is 1. The molecule has 0 bridgehead atoms. The lowest BCUT2D eigenvalue weighted by atomic mass is 9.91. The Bertz CT molecular complexity index is 1150. The molecule has 4 aromatic rings. The molecule has 1 aliphatic carbocycles. The summed E-state index contributed by atoms with van der Waals surface area (Å²) in [5.74, 6) is -0.0599. The van der Waals surface area contributed by atoms with Crippen LogP contribution in [0.25, 0.3) is 27.9 Å². The molecule has 0 spiro atoms. The van der Waals surface area contributed by atoms with E-state index in [2.05, 4.69) is 25.6 Å². The van der Waals surface area contributed by atoms with Gasteiger partial charge in [0, 0.05) is 47.4 Å². The van der Waals surface area contributed by atoms with E-state index < -0.39 is 0 Å². The van der Waals surface area contributed by atoms with Crippen molar-refractivity contribution in [2.45, 2.75) is 37.8 Å². The van der Waals surface area contributed by atoms with Crippen LogP contribution in [-0.4, -0.2) is 42.8 Å². The topological polar surface area (TPSA) is 114 Å². The van der Waals surface area contributed by atoms with Crippen molar-refractivity contribution in [3.8, 4) is 22.3 Å². The maximum Gasteiger partial charge on any atom is 0.261 e. The van der Waals surface area contributed by atoms with Crippen molar-refractivity contribution < 1.29 is 4.79 Å². The van der Waals surface area contributed by atoms with E-state index in [0.29, 0.717) is 4.88 Å². The lowest BCUT2D eigenvalue weighted by molar-refractivity contribution is 0.0925. The minimum Gasteiger partial charge on any atom is -0.347 e. The number of nitrogens with zero attached hydrogens (tertiary/aromatic N) is 4. The Balaban J connectivity index is 1.38. The zero-order valence-electron chi connectivity index (χ0n) is 15.7. The summed E-state index contributed by atoms with van der Waals surface area (Å²) in [5.41, 5.74) is 10.6. The zero-order valence-corrected chi connectivity index (χ0v) is 16.5. The van der Waals surface area contributed by atoms with Gasteiger partial charge in [-0.15, -0.1) is 11.3 Å². The summed E-state index contributed by atoms with van der Waals surface area (Å²) in [7, 11) is 0. The summed E-state index contributed by atoms with van der Waals surface area (Å²) in [6.07, 6.45) is 13.2. The minimum absolute atomic E-state index is 0.0420. The third-order valence-electron chi connectivity index (χ3n) is 5.46. The first kappa shape index (κ1) is 18.0. The number of hydrogen-bond acceptors (Lipinski definition) is 6. The van der Waals surface area contributed by atoms with Gasteiger partial charge in [0.25, 0.3) is 5.91 Å². The summed E-state index contributed by atoms with van der Waals surface area (Å²) in [4.78, 5) is 17.9. The van der Waals surface area contributed by atoms with Crippen molar-refractivity contribution in [2.24, 2.45) is 5.73 Å². The van der Waals surface area contributed by atoms with E-state index in [-0.39, 0.29) is 18.0 Å². The van der Waals surface area contributed by atoms with Crippen LogP contribution in [-0.2, 0) is 0 Å². The Morgan fingerprint density at radius 1 is 1.21 bits per heavy atom. The summed E-state index contributed by atoms with van der Waals surface area (Å²) in [6, 6.07) is 2.00. The van der Waals surface area contributed by atoms with Crippen molar-refractivity contribution in [1.29, 1.82) is 0 Å². The quantitative estimate of drug-likeness (QED) is 0.481. The van der Waals surface area contributed by atoms with E-state index in [0.717, 1.165) is 53.6 Å². The Morgan fingerprint density at radius 2 is 2.10 bits per heavy atom. The average Bonchev–Trinajstić information content (AvgIpc) is 3.49. The zero-order chi connectivity index (χ0) is 19.8. The van der Waals surface area contributed by atoms with Gasteiger partial charge in [-0.05, 0) is 29.9 Å². The van der Waals surface area contributed by atoms with Crippen LogP contribution in [0, 0.1) is 0 Å². The van der Waals surface area contributed by atoms with Crippen LogP contribution in [0.15, 0.2) is 42.4 Å². The van der Waals surface area contributed by atoms with Crippen LogP contribution in [0.3, 0.4) is 0 Å². The molecule has 4 N–H and O–H groups in total. The second kappa shape index (κ2) is 7.41. The number of aromatic nitrogens is 5. The van der Waals surface area contributed by atoms with E-state index in [9.17, 15) is 4.79 Å². The molecule has 0 aromatic carbocycles. The van der Waals surface area contributed by atoms with Gasteiger partial charge in [0.2, 0.25) is 0 Å². The number of nitrogens with two attached hydrogens (primary N) is 1. The molecule has 2 atom stereocenters. The molecule has 4 aromatic heterocycles. The summed E-state index contributed by atoms with van der Waals surface area (Å²) >= 11 is 1.43. The van der Waals surface area contributed by atoms with Crippen LogP contribution in [0.5, 0.6) is 0 Å². The van der Waals surface area contributed by atoms with Gasteiger partial charge in [0.15, 0.2) is 5.65 Å². The van der Waals surface area contributed by atoms with Crippen molar-refractivity contribution in [1.82, 2.24) is 30.1 Å². The fourth-order valence-corrected chi connectivity index (χ4v) is 4.62. The van der Waals surface area contributed by atoms with Gasteiger partial charge in [0.05, 0.1) is 17.3 Å². The van der Waals surface area contributed by atoms with Crippen molar-refractivity contribution in [3.05, 3.63) is 47.3 Å². The van der Waals surface area contributed by atoms with Gasteiger partial charge in [-0.3, -0.25) is 9.89 Å². The van der Waals surface area contributed by atoms with Gasteiger partial charge in [-0.25, -0.2) is 9.50 Å². The minimum atomic E-state index is -0.0599. The highest BCUT2D eigenvalue weighted by Crippen LogP contribution is 2.29. The molecule has 0 aliphatic heterocycles. The molecule has 148 valence electrons. The molecule has 1 fully saturated rings. The van der Waals surface area contributed by atoms with E-state index in [4.69, 9.17) is 5.73 Å². The number of carbonyl (C=O) groups is 1. The first-order valence-corrected chi connectivity index (χ1v) is 10.5. The first-order valence-electron chi connectivity index (χ1n) is 9.67. The SMILES string of the molecule is N[C@@H]1CCCC[C@@H]1NC(=O)c1cc(-c2cnn3cc(-c4cn[nH]c4)cnc23)cs1. The Hall–Kier alpha value is -3.04. The third-order valence-corrected chi connectivity index (χ3v) is 6.39. The van der Waals surface area contributed by atoms with Crippen LogP contribution in [0.2, 0.25) is 0 Å². The van der Waals surface area contributed by atoms with Gasteiger partial charge < -0.3 is 11.1 Å². The molecule has 29 heavy (non-hydrogen) atoms. The lowest BCUT2D eigenvalue weighted by Crippen LogP contribution is -2.49. The maximum atomic E-state index is 12.7. The van der Waals surface area contributed by atoms with Gasteiger partial charge in [-0.1, -0.05) is 12.8 Å². The summed E-state index contributed by atoms with van der Waals surface area (Å²) < 4.78 is 1.75. The molecule has 1 aliphatic rings. The molecule has 0 unspecified atom stereocenters. The van der Waals surface area contributed by atoms with Crippen LogP contribution < -0.4 is 11.1 Å². The molecule has 8 nitrogen and oxygen atoms in total.